The summed E-state index contributed by atoms with van der Waals surface area (Å²) >= 11 is -9.32. The first-order valence-electron chi connectivity index (χ1n) is 0.985. The number of rotatable bonds is 0. The molecule has 0 aromatic rings. The molecule has 1 aliphatic rings. The van der Waals surface area contributed by atoms with Crippen LogP contribution in [0.1, 0.15) is 0 Å². The average molecular weight is 312 g/mol. The molecule has 1 saturated heterocycles. The molecule has 0 saturated carbocycles. The third-order valence-electron chi connectivity index (χ3n) is 0.182. The Balaban J connectivity index is 3.00. The van der Waals surface area contributed by atoms with Crippen molar-refractivity contribution in [3.8, 4) is 0 Å². The van der Waals surface area contributed by atoms with Gasteiger partial charge in [-0.05, 0) is 0 Å². The quantitative estimate of drug-likeness (QED) is 0.554. The van der Waals surface area contributed by atoms with Gasteiger partial charge >= 0.3 is 52.2 Å². The van der Waals surface area contributed by atoms with Crippen LogP contribution in [0.25, 0.3) is 0 Å². The average Bonchev–Trinajstić information content (AvgIpc) is 1.20. The second-order valence-electron chi connectivity index (χ2n) is 0.677. The van der Waals surface area contributed by atoms with E-state index in [2.05, 4.69) is 3.51 Å². The predicted molar refractivity (Wildman–Crippen MR) is 4.92 cm³/mol. The first kappa shape index (κ1) is 6.72. The third-order valence-corrected chi connectivity index (χ3v) is 6.36. The zero-order valence-electron chi connectivity index (χ0n) is 3.05. The zero-order chi connectivity index (χ0) is 6.41. The van der Waals surface area contributed by atoms with Crippen molar-refractivity contribution in [2.45, 2.75) is 0 Å². The molecule has 1 fully saturated rings. The molecule has 0 unspecified atom stereocenters. The standard InChI is InChI=1S/2Ag.6O. The second kappa shape index (κ2) is 1.55. The summed E-state index contributed by atoms with van der Waals surface area (Å²) in [4.78, 5) is 0. The SMILES string of the molecule is [O]=[Ag]1(=[O])[O][Ag](=[O])(=[O])[O]1. The van der Waals surface area contributed by atoms with Crippen LogP contribution in [0.2, 0.25) is 0 Å². The summed E-state index contributed by atoms with van der Waals surface area (Å²) in [6, 6.07) is 0. The Morgan fingerprint density at radius 2 is 1.00 bits per heavy atom. The Morgan fingerprint density at radius 1 is 0.750 bits per heavy atom. The van der Waals surface area contributed by atoms with Crippen molar-refractivity contribution in [3.05, 3.63) is 0 Å². The Labute approximate surface area is 52.1 Å². The van der Waals surface area contributed by atoms with Crippen molar-refractivity contribution in [2.75, 3.05) is 0 Å². The summed E-state index contributed by atoms with van der Waals surface area (Å²) in [5.74, 6) is 0. The fourth-order valence-corrected chi connectivity index (χ4v) is 3.99. The predicted octanol–water partition coefficient (Wildman–Crippen LogP) is -0.617. The minimum atomic E-state index is -4.66. The molecule has 1 heterocycles. The molecule has 0 bridgehead atoms. The normalized spacial score (nSPS) is 39.0. The fourth-order valence-electron chi connectivity index (χ4n) is 0.114. The Bertz CT molecular complexity index is 226. The van der Waals surface area contributed by atoms with Crippen molar-refractivity contribution in [1.82, 2.24) is 0 Å². The molecule has 0 radical (unpaired) electrons. The van der Waals surface area contributed by atoms with Crippen molar-refractivity contribution in [1.29, 1.82) is 0 Å². The van der Waals surface area contributed by atoms with Gasteiger partial charge in [-0.25, -0.2) is 0 Å². The molecule has 0 spiro atoms. The molecule has 8 heteroatoms. The molecule has 0 aliphatic carbocycles. The van der Waals surface area contributed by atoms with Crippen molar-refractivity contribution in [2.24, 2.45) is 0 Å². The summed E-state index contributed by atoms with van der Waals surface area (Å²) in [7, 11) is 0. The molecule has 0 atom stereocenters. The third kappa shape index (κ3) is 1.30. The van der Waals surface area contributed by atoms with Gasteiger partial charge in [-0.3, -0.25) is 0 Å². The van der Waals surface area contributed by atoms with Crippen LogP contribution in [0.15, 0.2) is 0 Å². The Morgan fingerprint density at radius 3 is 1.00 bits per heavy atom. The van der Waals surface area contributed by atoms with Crippen LogP contribution < -0.4 is 0 Å². The van der Waals surface area contributed by atoms with Gasteiger partial charge in [0, 0.05) is 0 Å². The van der Waals surface area contributed by atoms with E-state index >= 15 is 0 Å². The van der Waals surface area contributed by atoms with E-state index in [1.165, 1.54) is 0 Å². The summed E-state index contributed by atoms with van der Waals surface area (Å²) < 4.78 is 45.7. The van der Waals surface area contributed by atoms with E-state index in [9.17, 15) is 13.0 Å². The maximum absolute atomic E-state index is 9.75. The fraction of sp³-hybridized carbons (Fsp3) is 0. The van der Waals surface area contributed by atoms with E-state index in [0.29, 0.717) is 0 Å². The topological polar surface area (TPSA) is 86.7 Å². The first-order valence-corrected chi connectivity index (χ1v) is 5.83. The maximum atomic E-state index is 9.75. The van der Waals surface area contributed by atoms with E-state index in [1.807, 2.05) is 0 Å². The van der Waals surface area contributed by atoms with Crippen LogP contribution in [0.4, 0.5) is 0 Å². The summed E-state index contributed by atoms with van der Waals surface area (Å²) in [6.07, 6.45) is 0. The van der Waals surface area contributed by atoms with Crippen molar-refractivity contribution >= 4 is 0 Å². The molecule has 6 nitrogen and oxygen atoms in total. The first-order chi connectivity index (χ1) is 3.41. The van der Waals surface area contributed by atoms with Crippen LogP contribution in [-0.4, -0.2) is 0 Å². The Kier molecular flexibility index (Phi) is 1.30. The van der Waals surface area contributed by atoms with Crippen LogP contribution in [0, 0.1) is 0 Å². The minimum absolute atomic E-state index is 3.35. The van der Waals surface area contributed by atoms with Gasteiger partial charge in [0.1, 0.15) is 0 Å². The number of hydrogen-bond acceptors (Lipinski definition) is 6. The monoisotopic (exact) mass is 310 g/mol. The molecule has 58 valence electrons. The summed E-state index contributed by atoms with van der Waals surface area (Å²) in [5.41, 5.74) is 0. The van der Waals surface area contributed by atoms with Gasteiger partial charge in [-0.1, -0.05) is 0 Å². The van der Waals surface area contributed by atoms with Gasteiger partial charge in [0.15, 0.2) is 0 Å². The van der Waals surface area contributed by atoms with Crippen LogP contribution in [-0.2, 0) is 52.2 Å². The molecule has 1 rings (SSSR count). The molecule has 0 aromatic carbocycles. The van der Waals surface area contributed by atoms with Gasteiger partial charge in [-0.15, -0.1) is 0 Å². The van der Waals surface area contributed by atoms with E-state index in [0.717, 1.165) is 0 Å². The van der Waals surface area contributed by atoms with Gasteiger partial charge in [-0.2, -0.15) is 0 Å². The molecule has 0 aromatic heterocycles. The van der Waals surface area contributed by atoms with E-state index < -0.39 is 35.7 Å². The van der Waals surface area contributed by atoms with E-state index in [1.54, 1.807) is 0 Å². The summed E-state index contributed by atoms with van der Waals surface area (Å²) in [5, 5.41) is 0. The molecule has 0 amide bonds. The van der Waals surface area contributed by atoms with Crippen LogP contribution in [0.5, 0.6) is 0 Å². The van der Waals surface area contributed by atoms with Crippen molar-refractivity contribution in [3.63, 3.8) is 0 Å². The molecule has 1 aliphatic heterocycles. The molecule has 0 N–H and O–H groups in total. The summed E-state index contributed by atoms with van der Waals surface area (Å²) in [6.45, 7) is 0. The van der Waals surface area contributed by atoms with Gasteiger partial charge in [0.2, 0.25) is 0 Å². The second-order valence-corrected chi connectivity index (χ2v) is 6.17. The van der Waals surface area contributed by atoms with Crippen LogP contribution in [0.3, 0.4) is 0 Å². The van der Waals surface area contributed by atoms with Gasteiger partial charge in [0.25, 0.3) is 0 Å². The Hall–Kier alpha value is 0.601. The van der Waals surface area contributed by atoms with E-state index in [4.69, 9.17) is 0 Å². The zero-order valence-corrected chi connectivity index (χ0v) is 6.02. The van der Waals surface area contributed by atoms with Gasteiger partial charge in [0.05, 0.1) is 0 Å². The number of hydrogen-bond donors (Lipinski definition) is 0. The molecular formula is Ag2O6. The molecular weight excluding hydrogens is 312 g/mol. The van der Waals surface area contributed by atoms with Crippen LogP contribution >= 0.6 is 0 Å². The molecule has 8 heavy (non-hydrogen) atoms. The van der Waals surface area contributed by atoms with Gasteiger partial charge < -0.3 is 0 Å². The van der Waals surface area contributed by atoms with Crippen molar-refractivity contribution < 1.29 is 52.2 Å². The van der Waals surface area contributed by atoms with E-state index in [-0.39, 0.29) is 0 Å².